The lowest BCUT2D eigenvalue weighted by molar-refractivity contribution is -0.214. The summed E-state index contributed by atoms with van der Waals surface area (Å²) in [6, 6.07) is 16.7. The molecule has 4 aliphatic rings. The number of ether oxygens (including phenoxy) is 2. The Labute approximate surface area is 216 Å². The molecule has 0 unspecified atom stereocenters. The summed E-state index contributed by atoms with van der Waals surface area (Å²) in [5, 5.41) is 18.0. The Balaban J connectivity index is 1.72. The number of rotatable bonds is 4. The summed E-state index contributed by atoms with van der Waals surface area (Å²) in [5.41, 5.74) is 3.61. The molecule has 0 saturated heterocycles. The maximum atomic E-state index is 8.98. The van der Waals surface area contributed by atoms with E-state index in [1.165, 1.54) is 43.2 Å². The van der Waals surface area contributed by atoms with Crippen molar-refractivity contribution >= 4 is 0 Å². The molecule has 4 bridgehead atoms. The zero-order chi connectivity index (χ0) is 26.0. The van der Waals surface area contributed by atoms with Crippen molar-refractivity contribution < 1.29 is 9.47 Å². The Morgan fingerprint density at radius 3 is 1.17 bits per heavy atom. The second kappa shape index (κ2) is 7.76. The normalized spacial score (nSPS) is 33.0. The van der Waals surface area contributed by atoms with E-state index in [2.05, 4.69) is 65.8 Å². The molecule has 188 valence electrons. The first-order valence-electron chi connectivity index (χ1n) is 13.1. The third kappa shape index (κ3) is 3.53. The average molecular weight is 483 g/mol. The summed E-state index contributed by atoms with van der Waals surface area (Å²) in [4.78, 5) is 0. The van der Waals surface area contributed by atoms with E-state index in [9.17, 15) is 0 Å². The first-order valence-corrected chi connectivity index (χ1v) is 13.1. The summed E-state index contributed by atoms with van der Waals surface area (Å²) in [6.45, 7) is 14.7. The molecule has 36 heavy (non-hydrogen) atoms. The van der Waals surface area contributed by atoms with Gasteiger partial charge in [-0.15, -0.1) is 10.5 Å². The first-order chi connectivity index (χ1) is 16.8. The van der Waals surface area contributed by atoms with E-state index < -0.39 is 0 Å². The van der Waals surface area contributed by atoms with Gasteiger partial charge in [0, 0.05) is 0 Å². The molecular formula is C32H38N2O2. The third-order valence-corrected chi connectivity index (χ3v) is 10.5. The number of nitriles is 2. The van der Waals surface area contributed by atoms with E-state index in [4.69, 9.17) is 20.0 Å². The van der Waals surface area contributed by atoms with Crippen molar-refractivity contribution in [3.63, 3.8) is 0 Å². The standard InChI is InChI=1S/C32H38N2O2/c1-27(2,3)31-16-29(23-7-11-25(12-8-23)35-21-33)15-30(17-31,19-32(18-29,20-31)28(4,5)6)24-9-13-26(14-10-24)36-22-34/h7-14H,15-20H2,1-6H3. The van der Waals surface area contributed by atoms with Gasteiger partial charge in [-0.25, -0.2) is 0 Å². The number of nitrogens with zero attached hydrogens (tertiary/aromatic N) is 2. The molecule has 2 aromatic rings. The van der Waals surface area contributed by atoms with Crippen molar-refractivity contribution in [2.24, 2.45) is 21.7 Å². The van der Waals surface area contributed by atoms with Crippen LogP contribution in [-0.2, 0) is 10.8 Å². The van der Waals surface area contributed by atoms with E-state index in [1.54, 1.807) is 12.5 Å². The highest BCUT2D eigenvalue weighted by Crippen LogP contribution is 2.80. The van der Waals surface area contributed by atoms with Gasteiger partial charge in [0.2, 0.25) is 0 Å². The van der Waals surface area contributed by atoms with Crippen molar-refractivity contribution in [3.8, 4) is 24.0 Å². The van der Waals surface area contributed by atoms with Crippen LogP contribution in [0.5, 0.6) is 11.5 Å². The SMILES string of the molecule is CC(C)(C)C12CC3(c4ccc(OC#N)cc4)CC(c4ccc(OC#N)cc4)(C1)CC(C(C)(C)C)(C3)C2. The fraction of sp³-hybridized carbons (Fsp3) is 0.562. The topological polar surface area (TPSA) is 66.0 Å². The van der Waals surface area contributed by atoms with Gasteiger partial charge in [-0.2, -0.15) is 0 Å². The minimum Gasteiger partial charge on any atom is -0.388 e. The molecule has 0 amide bonds. The van der Waals surface area contributed by atoms with Crippen molar-refractivity contribution in [2.75, 3.05) is 0 Å². The lowest BCUT2D eigenvalue weighted by atomic mass is 9.28. The lowest BCUT2D eigenvalue weighted by Crippen LogP contribution is -2.69. The molecule has 4 fully saturated rings. The summed E-state index contributed by atoms with van der Waals surface area (Å²) < 4.78 is 10.2. The van der Waals surface area contributed by atoms with Crippen LogP contribution in [0.25, 0.3) is 0 Å². The molecule has 4 nitrogen and oxygen atoms in total. The van der Waals surface area contributed by atoms with Gasteiger partial charge < -0.3 is 9.47 Å². The fourth-order valence-corrected chi connectivity index (χ4v) is 8.70. The minimum absolute atomic E-state index is 0.0578. The van der Waals surface area contributed by atoms with Gasteiger partial charge in [-0.1, -0.05) is 65.8 Å². The summed E-state index contributed by atoms with van der Waals surface area (Å²) in [7, 11) is 0. The van der Waals surface area contributed by atoms with E-state index >= 15 is 0 Å². The zero-order valence-corrected chi connectivity index (χ0v) is 22.6. The molecule has 6 rings (SSSR count). The van der Waals surface area contributed by atoms with Crippen LogP contribution < -0.4 is 9.47 Å². The van der Waals surface area contributed by atoms with Gasteiger partial charge in [0.25, 0.3) is 12.5 Å². The van der Waals surface area contributed by atoms with Crippen molar-refractivity contribution in [2.45, 2.75) is 90.9 Å². The lowest BCUT2D eigenvalue weighted by Gasteiger charge is -2.76. The summed E-state index contributed by atoms with van der Waals surface area (Å²) in [6.07, 6.45) is 10.8. The highest BCUT2D eigenvalue weighted by atomic mass is 16.5. The summed E-state index contributed by atoms with van der Waals surface area (Å²) >= 11 is 0. The quantitative estimate of drug-likeness (QED) is 0.414. The van der Waals surface area contributed by atoms with Crippen molar-refractivity contribution in [3.05, 3.63) is 59.7 Å². The van der Waals surface area contributed by atoms with Gasteiger partial charge >= 0.3 is 0 Å². The number of hydrogen-bond acceptors (Lipinski definition) is 4. The Morgan fingerprint density at radius 2 is 0.889 bits per heavy atom. The fourth-order valence-electron chi connectivity index (χ4n) is 8.70. The van der Waals surface area contributed by atoms with Gasteiger partial charge in [0.05, 0.1) is 0 Å². The highest BCUT2D eigenvalue weighted by molar-refractivity contribution is 5.44. The van der Waals surface area contributed by atoms with E-state index in [-0.39, 0.29) is 32.5 Å². The van der Waals surface area contributed by atoms with Crippen LogP contribution in [0.2, 0.25) is 0 Å². The molecule has 0 spiro atoms. The number of benzene rings is 2. The Morgan fingerprint density at radius 1 is 0.556 bits per heavy atom. The van der Waals surface area contributed by atoms with E-state index in [1.807, 2.05) is 24.3 Å². The minimum atomic E-state index is 0.0578. The smallest absolute Gasteiger partial charge is 0.292 e. The Kier molecular flexibility index (Phi) is 5.32. The van der Waals surface area contributed by atoms with Crippen LogP contribution in [0, 0.1) is 44.7 Å². The highest BCUT2D eigenvalue weighted by Gasteiger charge is 2.72. The zero-order valence-electron chi connectivity index (χ0n) is 22.6. The second-order valence-corrected chi connectivity index (χ2v) is 14.1. The van der Waals surface area contributed by atoms with Gasteiger partial charge in [-0.05, 0) is 106 Å². The predicted molar refractivity (Wildman–Crippen MR) is 140 cm³/mol. The molecule has 0 atom stereocenters. The van der Waals surface area contributed by atoms with Crippen LogP contribution in [0.15, 0.2) is 48.5 Å². The molecule has 0 aromatic heterocycles. The first kappa shape index (κ1) is 24.7. The predicted octanol–water partition coefficient (Wildman–Crippen LogP) is 8.03. The van der Waals surface area contributed by atoms with Crippen molar-refractivity contribution in [1.29, 1.82) is 10.5 Å². The Bertz CT molecular complexity index is 1120. The maximum Gasteiger partial charge on any atom is 0.292 e. The third-order valence-electron chi connectivity index (χ3n) is 10.5. The molecule has 4 heteroatoms. The van der Waals surface area contributed by atoms with E-state index in [0.29, 0.717) is 11.5 Å². The molecule has 4 saturated carbocycles. The van der Waals surface area contributed by atoms with Crippen LogP contribution in [0.3, 0.4) is 0 Å². The van der Waals surface area contributed by atoms with Gasteiger partial charge in [0.15, 0.2) is 0 Å². The van der Waals surface area contributed by atoms with Gasteiger partial charge in [-0.3, -0.25) is 0 Å². The molecule has 4 aliphatic carbocycles. The molecular weight excluding hydrogens is 444 g/mol. The van der Waals surface area contributed by atoms with Crippen LogP contribution >= 0.6 is 0 Å². The van der Waals surface area contributed by atoms with Crippen molar-refractivity contribution in [1.82, 2.24) is 0 Å². The Hall–Kier alpha value is -2.98. The van der Waals surface area contributed by atoms with Crippen LogP contribution in [-0.4, -0.2) is 0 Å². The molecule has 0 radical (unpaired) electrons. The molecule has 2 aromatic carbocycles. The molecule has 0 N–H and O–H groups in total. The van der Waals surface area contributed by atoms with Gasteiger partial charge in [0.1, 0.15) is 11.5 Å². The van der Waals surface area contributed by atoms with Crippen LogP contribution in [0.1, 0.15) is 91.2 Å². The monoisotopic (exact) mass is 482 g/mol. The summed E-state index contributed by atoms with van der Waals surface area (Å²) in [5.74, 6) is 1.20. The largest absolute Gasteiger partial charge is 0.388 e. The second-order valence-electron chi connectivity index (χ2n) is 14.1. The molecule has 0 heterocycles. The molecule has 0 aliphatic heterocycles. The average Bonchev–Trinajstić information content (AvgIpc) is 2.78. The number of hydrogen-bond donors (Lipinski definition) is 0. The van der Waals surface area contributed by atoms with E-state index in [0.717, 1.165) is 6.42 Å². The van der Waals surface area contributed by atoms with Crippen LogP contribution in [0.4, 0.5) is 0 Å². The maximum absolute atomic E-state index is 8.98.